The van der Waals surface area contributed by atoms with Crippen molar-refractivity contribution in [3.8, 4) is 0 Å². The lowest BCUT2D eigenvalue weighted by molar-refractivity contribution is 0.574. The molecule has 0 aliphatic carbocycles. The van der Waals surface area contributed by atoms with Gasteiger partial charge in [0.25, 0.3) is 0 Å². The average Bonchev–Trinajstić information content (AvgIpc) is 2.46. The molecule has 4 nitrogen and oxygen atoms in total. The topological polar surface area (TPSA) is 59.1 Å². The number of nitrogens with zero attached hydrogens (tertiary/aromatic N) is 1. The van der Waals surface area contributed by atoms with E-state index in [4.69, 9.17) is 0 Å². The van der Waals surface area contributed by atoms with Gasteiger partial charge in [0.1, 0.15) is 4.90 Å². The first-order valence-electron chi connectivity index (χ1n) is 6.98. The Hall–Kier alpha value is -1.46. The number of pyridine rings is 1. The first kappa shape index (κ1) is 14.9. The Labute approximate surface area is 120 Å². The second kappa shape index (κ2) is 6.81. The summed E-state index contributed by atoms with van der Waals surface area (Å²) in [5.74, 6) is 0. The molecule has 108 valence electrons. The van der Waals surface area contributed by atoms with E-state index >= 15 is 0 Å². The molecule has 1 heterocycles. The van der Waals surface area contributed by atoms with Gasteiger partial charge in [-0.1, -0.05) is 44.4 Å². The van der Waals surface area contributed by atoms with Crippen LogP contribution in [-0.4, -0.2) is 19.9 Å². The quantitative estimate of drug-likeness (QED) is 0.798. The van der Waals surface area contributed by atoms with E-state index in [1.54, 1.807) is 24.4 Å². The minimum atomic E-state index is -3.49. The normalized spacial score (nSPS) is 11.8. The van der Waals surface area contributed by atoms with Crippen LogP contribution in [0.25, 0.3) is 10.9 Å². The maximum Gasteiger partial charge on any atom is 0.242 e. The second-order valence-corrected chi connectivity index (χ2v) is 6.53. The Bertz CT molecular complexity index is 663. The molecule has 0 unspecified atom stereocenters. The maximum atomic E-state index is 12.3. The summed E-state index contributed by atoms with van der Waals surface area (Å²) in [6.45, 7) is 2.61. The highest BCUT2D eigenvalue weighted by Gasteiger charge is 2.17. The van der Waals surface area contributed by atoms with Crippen LogP contribution in [0.1, 0.15) is 32.6 Å². The molecule has 0 aliphatic heterocycles. The third-order valence-corrected chi connectivity index (χ3v) is 4.70. The summed E-state index contributed by atoms with van der Waals surface area (Å²) < 4.78 is 27.3. The molecule has 1 aromatic carbocycles. The van der Waals surface area contributed by atoms with E-state index in [2.05, 4.69) is 16.6 Å². The number of nitrogens with one attached hydrogen (secondary N) is 1. The van der Waals surface area contributed by atoms with Gasteiger partial charge in [0, 0.05) is 18.1 Å². The van der Waals surface area contributed by atoms with Crippen LogP contribution >= 0.6 is 0 Å². The molecular weight excluding hydrogens is 272 g/mol. The smallest absolute Gasteiger partial charge is 0.242 e. The number of hydrogen-bond acceptors (Lipinski definition) is 3. The van der Waals surface area contributed by atoms with Gasteiger partial charge in [0.05, 0.1) is 5.52 Å². The third kappa shape index (κ3) is 3.55. The summed E-state index contributed by atoms with van der Waals surface area (Å²) in [5, 5.41) is 0.835. The zero-order valence-electron chi connectivity index (χ0n) is 11.7. The number of fused-ring (bicyclic) bond motifs is 1. The van der Waals surface area contributed by atoms with Crippen LogP contribution < -0.4 is 4.72 Å². The van der Waals surface area contributed by atoms with Crippen molar-refractivity contribution < 1.29 is 8.42 Å². The lowest BCUT2D eigenvalue weighted by Gasteiger charge is -2.08. The largest absolute Gasteiger partial charge is 0.255 e. The van der Waals surface area contributed by atoms with Gasteiger partial charge in [-0.2, -0.15) is 0 Å². The molecule has 0 bridgehead atoms. The fourth-order valence-corrected chi connectivity index (χ4v) is 3.38. The van der Waals surface area contributed by atoms with Gasteiger partial charge in [-0.25, -0.2) is 13.1 Å². The van der Waals surface area contributed by atoms with Crippen LogP contribution in [0, 0.1) is 0 Å². The number of aromatic nitrogens is 1. The third-order valence-electron chi connectivity index (χ3n) is 3.21. The molecule has 20 heavy (non-hydrogen) atoms. The molecule has 5 heteroatoms. The molecule has 0 fully saturated rings. The minimum Gasteiger partial charge on any atom is -0.255 e. The van der Waals surface area contributed by atoms with Crippen molar-refractivity contribution in [2.45, 2.75) is 37.5 Å². The predicted molar refractivity (Wildman–Crippen MR) is 81.1 cm³/mol. The fourth-order valence-electron chi connectivity index (χ4n) is 2.13. The van der Waals surface area contributed by atoms with E-state index in [0.717, 1.165) is 31.1 Å². The van der Waals surface area contributed by atoms with Crippen LogP contribution in [0.4, 0.5) is 0 Å². The van der Waals surface area contributed by atoms with Gasteiger partial charge in [-0.05, 0) is 18.6 Å². The van der Waals surface area contributed by atoms with Gasteiger partial charge in [0.2, 0.25) is 10.0 Å². The Morgan fingerprint density at radius 1 is 1.10 bits per heavy atom. The summed E-state index contributed by atoms with van der Waals surface area (Å²) in [6.07, 6.45) is 5.80. The van der Waals surface area contributed by atoms with Crippen molar-refractivity contribution in [1.82, 2.24) is 9.71 Å². The molecule has 0 radical (unpaired) electrons. The monoisotopic (exact) mass is 292 g/mol. The molecule has 0 aliphatic rings. The highest BCUT2D eigenvalue weighted by molar-refractivity contribution is 7.89. The van der Waals surface area contributed by atoms with Crippen molar-refractivity contribution >= 4 is 20.9 Å². The number of sulfonamides is 1. The summed E-state index contributed by atoms with van der Waals surface area (Å²) in [5.41, 5.74) is 0.524. The van der Waals surface area contributed by atoms with Crippen molar-refractivity contribution in [3.05, 3.63) is 36.5 Å². The van der Waals surface area contributed by atoms with E-state index in [-0.39, 0.29) is 4.90 Å². The number of unbranched alkanes of at least 4 members (excludes halogenated alkanes) is 3. The predicted octanol–water partition coefficient (Wildman–Crippen LogP) is 3.09. The first-order valence-corrected chi connectivity index (χ1v) is 8.47. The summed E-state index contributed by atoms with van der Waals surface area (Å²) in [7, 11) is -3.49. The Morgan fingerprint density at radius 3 is 2.70 bits per heavy atom. The fraction of sp³-hybridized carbons (Fsp3) is 0.400. The molecular formula is C15H20N2O2S. The lowest BCUT2D eigenvalue weighted by Crippen LogP contribution is -2.25. The van der Waals surface area contributed by atoms with Crippen LogP contribution in [0.15, 0.2) is 41.4 Å². The van der Waals surface area contributed by atoms with Gasteiger partial charge in [-0.3, -0.25) is 4.98 Å². The van der Waals surface area contributed by atoms with Gasteiger partial charge in [0.15, 0.2) is 0 Å². The second-order valence-electron chi connectivity index (χ2n) is 4.79. The summed E-state index contributed by atoms with van der Waals surface area (Å²) >= 11 is 0. The molecule has 0 saturated carbocycles. The number of hydrogen-bond donors (Lipinski definition) is 1. The molecule has 0 saturated heterocycles. The zero-order valence-corrected chi connectivity index (χ0v) is 12.5. The van der Waals surface area contributed by atoms with Crippen molar-refractivity contribution in [2.75, 3.05) is 6.54 Å². The summed E-state index contributed by atoms with van der Waals surface area (Å²) in [4.78, 5) is 4.44. The molecule has 0 amide bonds. The van der Waals surface area contributed by atoms with Crippen molar-refractivity contribution in [1.29, 1.82) is 0 Å². The zero-order chi connectivity index (χ0) is 14.4. The number of para-hydroxylation sites is 1. The Balaban J connectivity index is 2.15. The van der Waals surface area contributed by atoms with Crippen LogP contribution in [0.5, 0.6) is 0 Å². The van der Waals surface area contributed by atoms with Crippen LogP contribution in [0.3, 0.4) is 0 Å². The molecule has 2 rings (SSSR count). The van der Waals surface area contributed by atoms with Crippen molar-refractivity contribution in [3.63, 3.8) is 0 Å². The highest BCUT2D eigenvalue weighted by Crippen LogP contribution is 2.20. The Morgan fingerprint density at radius 2 is 1.90 bits per heavy atom. The molecule has 1 aromatic heterocycles. The van der Waals surface area contributed by atoms with E-state index in [1.807, 2.05) is 12.1 Å². The SMILES string of the molecule is CCCCCCNS(=O)(=O)c1cccc2cccnc12. The van der Waals surface area contributed by atoms with E-state index in [1.165, 1.54) is 0 Å². The van der Waals surface area contributed by atoms with E-state index < -0.39 is 10.0 Å². The standard InChI is InChI=1S/C15H20N2O2S/c1-2-3-4-5-12-17-20(18,19)14-10-6-8-13-9-7-11-16-15(13)14/h6-11,17H,2-5,12H2,1H3. The molecule has 2 aromatic rings. The summed E-state index contributed by atoms with van der Waals surface area (Å²) in [6, 6.07) is 8.88. The van der Waals surface area contributed by atoms with Crippen LogP contribution in [0.2, 0.25) is 0 Å². The molecule has 1 N–H and O–H groups in total. The molecule has 0 atom stereocenters. The van der Waals surface area contributed by atoms with E-state index in [0.29, 0.717) is 12.1 Å². The first-order chi connectivity index (χ1) is 9.65. The number of benzene rings is 1. The minimum absolute atomic E-state index is 0.256. The number of rotatable bonds is 7. The Kier molecular flexibility index (Phi) is 5.09. The van der Waals surface area contributed by atoms with Crippen molar-refractivity contribution in [2.24, 2.45) is 0 Å². The molecule has 0 spiro atoms. The highest BCUT2D eigenvalue weighted by atomic mass is 32.2. The van der Waals surface area contributed by atoms with Gasteiger partial charge < -0.3 is 0 Å². The lowest BCUT2D eigenvalue weighted by atomic mass is 10.2. The van der Waals surface area contributed by atoms with E-state index in [9.17, 15) is 8.42 Å². The van der Waals surface area contributed by atoms with Crippen LogP contribution in [-0.2, 0) is 10.0 Å². The maximum absolute atomic E-state index is 12.3. The van der Waals surface area contributed by atoms with Gasteiger partial charge in [-0.15, -0.1) is 0 Å². The average molecular weight is 292 g/mol. The van der Waals surface area contributed by atoms with Gasteiger partial charge >= 0.3 is 0 Å².